The number of aromatic amines is 1. The van der Waals surface area contributed by atoms with Gasteiger partial charge in [-0.25, -0.2) is 5.10 Å². The lowest BCUT2D eigenvalue weighted by Crippen LogP contribution is -2.09. The van der Waals surface area contributed by atoms with Crippen molar-refractivity contribution in [2.45, 2.75) is 6.61 Å². The first-order valence-corrected chi connectivity index (χ1v) is 5.59. The fourth-order valence-corrected chi connectivity index (χ4v) is 1.82. The molecular formula is C12H10N4O3. The molecule has 7 nitrogen and oxygen atoms in total. The lowest BCUT2D eigenvalue weighted by molar-refractivity contribution is 0.174. The Hall–Kier alpha value is -2.54. The van der Waals surface area contributed by atoms with Crippen LogP contribution in [-0.4, -0.2) is 27.4 Å². The predicted octanol–water partition coefficient (Wildman–Crippen LogP) is 1.12. The number of benzene rings is 1. The topological polar surface area (TPSA) is 93.9 Å². The van der Waals surface area contributed by atoms with E-state index >= 15 is 0 Å². The van der Waals surface area contributed by atoms with Crippen molar-refractivity contribution in [3.05, 3.63) is 40.4 Å². The number of nitrogens with zero attached hydrogens (tertiary/aromatic N) is 3. The number of ether oxygens (including phenoxy) is 1. The lowest BCUT2D eigenvalue weighted by atomic mass is 10.1. The maximum absolute atomic E-state index is 11.7. The highest BCUT2D eigenvalue weighted by molar-refractivity contribution is 5.91. The molecule has 1 aromatic carbocycles. The van der Waals surface area contributed by atoms with Crippen LogP contribution in [-0.2, 0) is 11.3 Å². The van der Waals surface area contributed by atoms with Gasteiger partial charge in [-0.15, -0.1) is 0 Å². The number of nitrogens with one attached hydrogen (secondary N) is 1. The van der Waals surface area contributed by atoms with Gasteiger partial charge in [0.15, 0.2) is 11.5 Å². The molecule has 0 saturated carbocycles. The van der Waals surface area contributed by atoms with Gasteiger partial charge in [0.1, 0.15) is 6.61 Å². The van der Waals surface area contributed by atoms with E-state index in [0.717, 1.165) is 0 Å². The van der Waals surface area contributed by atoms with Gasteiger partial charge in [0.2, 0.25) is 0 Å². The third-order valence-corrected chi connectivity index (χ3v) is 2.64. The van der Waals surface area contributed by atoms with Crippen LogP contribution in [0.1, 0.15) is 5.82 Å². The fraction of sp³-hybridized carbons (Fsp3) is 0.167. The summed E-state index contributed by atoms with van der Waals surface area (Å²) in [6, 6.07) is 7.10. The van der Waals surface area contributed by atoms with Crippen molar-refractivity contribution in [1.82, 2.24) is 20.3 Å². The number of hydrogen-bond donors (Lipinski definition) is 1. The Kier molecular flexibility index (Phi) is 2.81. The molecule has 19 heavy (non-hydrogen) atoms. The molecule has 3 aromatic rings. The van der Waals surface area contributed by atoms with Gasteiger partial charge >= 0.3 is 0 Å². The minimum atomic E-state index is -0.254. The summed E-state index contributed by atoms with van der Waals surface area (Å²) < 4.78 is 10.0. The van der Waals surface area contributed by atoms with Gasteiger partial charge in [0.05, 0.1) is 5.39 Å². The van der Waals surface area contributed by atoms with Crippen LogP contribution in [0.4, 0.5) is 0 Å². The SMILES string of the molecule is COCc1noc(-c2n[nH]c(=O)c3ccccc23)n1. The number of fused-ring (bicyclic) bond motifs is 1. The Morgan fingerprint density at radius 3 is 2.89 bits per heavy atom. The Balaban J connectivity index is 2.19. The lowest BCUT2D eigenvalue weighted by Gasteiger charge is -1.99. The summed E-state index contributed by atoms with van der Waals surface area (Å²) in [5.74, 6) is 0.675. The monoisotopic (exact) mass is 258 g/mol. The molecule has 7 heteroatoms. The summed E-state index contributed by atoms with van der Waals surface area (Å²) in [5, 5.41) is 11.4. The highest BCUT2D eigenvalue weighted by Gasteiger charge is 2.14. The van der Waals surface area contributed by atoms with Gasteiger partial charge in [-0.2, -0.15) is 10.1 Å². The van der Waals surface area contributed by atoms with Gasteiger partial charge in [0, 0.05) is 12.5 Å². The summed E-state index contributed by atoms with van der Waals surface area (Å²) in [6.45, 7) is 0.255. The maximum atomic E-state index is 11.7. The van der Waals surface area contributed by atoms with Crippen molar-refractivity contribution in [1.29, 1.82) is 0 Å². The molecule has 0 aliphatic heterocycles. The Labute approximate surface area is 107 Å². The van der Waals surface area contributed by atoms with Crippen LogP contribution < -0.4 is 5.56 Å². The van der Waals surface area contributed by atoms with Crippen LogP contribution in [0.15, 0.2) is 33.6 Å². The fourth-order valence-electron chi connectivity index (χ4n) is 1.82. The predicted molar refractivity (Wildman–Crippen MR) is 66.4 cm³/mol. The van der Waals surface area contributed by atoms with Crippen LogP contribution in [0.2, 0.25) is 0 Å². The Bertz CT molecular complexity index is 778. The van der Waals surface area contributed by atoms with Gasteiger partial charge in [-0.05, 0) is 6.07 Å². The number of rotatable bonds is 3. The largest absolute Gasteiger partial charge is 0.377 e. The van der Waals surface area contributed by atoms with Crippen LogP contribution in [0.5, 0.6) is 0 Å². The Morgan fingerprint density at radius 1 is 1.32 bits per heavy atom. The van der Waals surface area contributed by atoms with Crippen molar-refractivity contribution >= 4 is 10.8 Å². The van der Waals surface area contributed by atoms with Crippen molar-refractivity contribution in [3.63, 3.8) is 0 Å². The van der Waals surface area contributed by atoms with E-state index in [1.54, 1.807) is 25.3 Å². The molecule has 0 spiro atoms. The zero-order valence-corrected chi connectivity index (χ0v) is 10.1. The van der Waals surface area contributed by atoms with Crippen molar-refractivity contribution in [2.75, 3.05) is 7.11 Å². The summed E-state index contributed by atoms with van der Waals surface area (Å²) in [4.78, 5) is 15.8. The molecular weight excluding hydrogens is 248 g/mol. The summed E-state index contributed by atoms with van der Waals surface area (Å²) in [5.41, 5.74) is 0.195. The van der Waals surface area contributed by atoms with E-state index in [-0.39, 0.29) is 18.1 Å². The molecule has 0 fully saturated rings. The number of H-pyrrole nitrogens is 1. The van der Waals surface area contributed by atoms with E-state index in [9.17, 15) is 4.79 Å². The molecule has 0 bridgehead atoms. The first kappa shape index (κ1) is 11.5. The van der Waals surface area contributed by atoms with Gasteiger partial charge in [-0.3, -0.25) is 4.79 Å². The van der Waals surface area contributed by atoms with E-state index < -0.39 is 0 Å². The second kappa shape index (κ2) is 4.62. The minimum absolute atomic E-state index is 0.250. The molecule has 2 aromatic heterocycles. The molecule has 0 radical (unpaired) electrons. The quantitative estimate of drug-likeness (QED) is 0.756. The van der Waals surface area contributed by atoms with E-state index in [1.165, 1.54) is 0 Å². The number of methoxy groups -OCH3 is 1. The first-order chi connectivity index (χ1) is 9.29. The molecule has 0 aliphatic rings. The second-order valence-electron chi connectivity index (χ2n) is 3.90. The van der Waals surface area contributed by atoms with Gasteiger partial charge in [-0.1, -0.05) is 23.4 Å². The molecule has 3 rings (SSSR count). The van der Waals surface area contributed by atoms with Crippen LogP contribution in [0, 0.1) is 0 Å². The second-order valence-corrected chi connectivity index (χ2v) is 3.90. The van der Waals surface area contributed by atoms with Crippen LogP contribution >= 0.6 is 0 Å². The van der Waals surface area contributed by atoms with Crippen molar-refractivity contribution in [2.24, 2.45) is 0 Å². The number of aromatic nitrogens is 4. The smallest absolute Gasteiger partial charge is 0.279 e. The van der Waals surface area contributed by atoms with E-state index in [1.807, 2.05) is 6.07 Å². The molecule has 0 atom stereocenters. The summed E-state index contributed by atoms with van der Waals surface area (Å²) in [6.07, 6.45) is 0. The highest BCUT2D eigenvalue weighted by atomic mass is 16.5. The third kappa shape index (κ3) is 2.00. The van der Waals surface area contributed by atoms with E-state index in [4.69, 9.17) is 9.26 Å². The summed E-state index contributed by atoms with van der Waals surface area (Å²) in [7, 11) is 1.55. The molecule has 0 amide bonds. The average Bonchev–Trinajstić information content (AvgIpc) is 2.88. The zero-order chi connectivity index (χ0) is 13.2. The van der Waals surface area contributed by atoms with Crippen molar-refractivity contribution in [3.8, 4) is 11.6 Å². The molecule has 2 heterocycles. The average molecular weight is 258 g/mol. The van der Waals surface area contributed by atoms with Crippen LogP contribution in [0.25, 0.3) is 22.4 Å². The standard InChI is InChI=1S/C12H10N4O3/c1-18-6-9-13-12(19-16-9)10-7-4-2-3-5-8(7)11(17)15-14-10/h2-5H,6H2,1H3,(H,15,17). The molecule has 1 N–H and O–H groups in total. The van der Waals surface area contributed by atoms with E-state index in [2.05, 4.69) is 20.3 Å². The van der Waals surface area contributed by atoms with E-state index in [0.29, 0.717) is 22.3 Å². The molecule has 96 valence electrons. The summed E-state index contributed by atoms with van der Waals surface area (Å²) >= 11 is 0. The molecule has 0 unspecified atom stereocenters. The van der Waals surface area contributed by atoms with Gasteiger partial charge in [0.25, 0.3) is 11.4 Å². The maximum Gasteiger partial charge on any atom is 0.279 e. The molecule has 0 saturated heterocycles. The van der Waals surface area contributed by atoms with Gasteiger partial charge < -0.3 is 9.26 Å². The minimum Gasteiger partial charge on any atom is -0.377 e. The third-order valence-electron chi connectivity index (χ3n) is 2.64. The Morgan fingerprint density at radius 2 is 2.11 bits per heavy atom. The normalized spacial score (nSPS) is 11.0. The molecule has 0 aliphatic carbocycles. The number of hydrogen-bond acceptors (Lipinski definition) is 6. The first-order valence-electron chi connectivity index (χ1n) is 5.59. The highest BCUT2D eigenvalue weighted by Crippen LogP contribution is 2.22. The van der Waals surface area contributed by atoms with Crippen LogP contribution in [0.3, 0.4) is 0 Å². The zero-order valence-electron chi connectivity index (χ0n) is 10.1. The van der Waals surface area contributed by atoms with Crippen molar-refractivity contribution < 1.29 is 9.26 Å².